The Morgan fingerprint density at radius 3 is 2.21 bits per heavy atom. The van der Waals surface area contributed by atoms with Crippen LogP contribution in [0.15, 0.2) is 59.5 Å². The average Bonchev–Trinajstić information content (AvgIpc) is 3.01. The fourth-order valence-electron chi connectivity index (χ4n) is 2.71. The number of nitro benzene ring substituents is 1. The van der Waals surface area contributed by atoms with Crippen LogP contribution in [0.2, 0.25) is 0 Å². The van der Waals surface area contributed by atoms with Crippen LogP contribution in [0.1, 0.15) is 31.0 Å². The molecule has 0 atom stereocenters. The first-order valence-corrected chi connectivity index (χ1v) is 10.1. The van der Waals surface area contributed by atoms with Gasteiger partial charge in [-0.3, -0.25) is 14.8 Å². The van der Waals surface area contributed by atoms with Crippen LogP contribution in [0.25, 0.3) is 5.69 Å². The van der Waals surface area contributed by atoms with Gasteiger partial charge in [0.25, 0.3) is 15.7 Å². The second kappa shape index (κ2) is 7.43. The molecule has 0 unspecified atom stereocenters. The van der Waals surface area contributed by atoms with E-state index < -0.39 is 14.9 Å². The molecule has 0 amide bonds. The lowest BCUT2D eigenvalue weighted by Gasteiger charge is -2.11. The lowest BCUT2D eigenvalue weighted by molar-refractivity contribution is -0.384. The summed E-state index contributed by atoms with van der Waals surface area (Å²) < 4.78 is 29.5. The first kappa shape index (κ1) is 19.6. The van der Waals surface area contributed by atoms with Gasteiger partial charge in [0.05, 0.1) is 21.2 Å². The van der Waals surface area contributed by atoms with Crippen LogP contribution in [0.3, 0.4) is 0 Å². The number of nitro groups is 1. The molecule has 0 saturated heterocycles. The minimum Gasteiger partial charge on any atom is -0.263 e. The van der Waals surface area contributed by atoms with E-state index in [1.165, 1.54) is 28.9 Å². The van der Waals surface area contributed by atoms with Crippen LogP contribution in [0.4, 0.5) is 11.5 Å². The molecule has 0 fully saturated rings. The topological polar surface area (TPSA) is 107 Å². The molecule has 146 valence electrons. The van der Waals surface area contributed by atoms with E-state index in [0.717, 1.165) is 5.56 Å². The van der Waals surface area contributed by atoms with Crippen molar-refractivity contribution in [3.8, 4) is 5.69 Å². The molecule has 0 aliphatic heterocycles. The zero-order valence-corrected chi connectivity index (χ0v) is 16.5. The highest BCUT2D eigenvalue weighted by atomic mass is 32.2. The van der Waals surface area contributed by atoms with Crippen molar-refractivity contribution in [2.75, 3.05) is 4.72 Å². The van der Waals surface area contributed by atoms with Gasteiger partial charge in [-0.15, -0.1) is 0 Å². The van der Waals surface area contributed by atoms with E-state index >= 15 is 0 Å². The third-order valence-electron chi connectivity index (χ3n) is 4.23. The number of nitrogens with zero attached hydrogens (tertiary/aromatic N) is 3. The van der Waals surface area contributed by atoms with Crippen molar-refractivity contribution in [1.82, 2.24) is 9.78 Å². The summed E-state index contributed by atoms with van der Waals surface area (Å²) >= 11 is 0. The highest BCUT2D eigenvalue weighted by Crippen LogP contribution is 2.23. The molecule has 3 rings (SSSR count). The molecule has 0 spiro atoms. The Balaban J connectivity index is 1.93. The molecule has 9 heteroatoms. The number of benzene rings is 2. The Labute approximate surface area is 163 Å². The minimum atomic E-state index is -3.81. The Bertz CT molecular complexity index is 1100. The summed E-state index contributed by atoms with van der Waals surface area (Å²) in [6, 6.07) is 14.0. The van der Waals surface area contributed by atoms with Crippen molar-refractivity contribution in [2.24, 2.45) is 0 Å². The maximum absolute atomic E-state index is 12.8. The SMILES string of the molecule is Cc1cc(NS(=O)(=O)c2ccc(C(C)C)cc2)n(-c2ccc([N+](=O)[O-])cc2)n1. The van der Waals surface area contributed by atoms with Gasteiger partial charge in [-0.2, -0.15) is 5.10 Å². The van der Waals surface area contributed by atoms with Crippen molar-refractivity contribution in [2.45, 2.75) is 31.6 Å². The molecule has 8 nitrogen and oxygen atoms in total. The third kappa shape index (κ3) is 4.04. The lowest BCUT2D eigenvalue weighted by atomic mass is 10.0. The molecule has 2 aromatic carbocycles. The van der Waals surface area contributed by atoms with Crippen molar-refractivity contribution < 1.29 is 13.3 Å². The quantitative estimate of drug-likeness (QED) is 0.497. The predicted molar refractivity (Wildman–Crippen MR) is 106 cm³/mol. The van der Waals surface area contributed by atoms with Gasteiger partial charge in [-0.1, -0.05) is 26.0 Å². The van der Waals surface area contributed by atoms with Crippen LogP contribution in [0.5, 0.6) is 0 Å². The molecule has 0 aliphatic rings. The van der Waals surface area contributed by atoms with Gasteiger partial charge < -0.3 is 0 Å². The van der Waals surface area contributed by atoms with E-state index in [9.17, 15) is 18.5 Å². The summed E-state index contributed by atoms with van der Waals surface area (Å²) in [6.45, 7) is 5.80. The van der Waals surface area contributed by atoms with Crippen molar-refractivity contribution >= 4 is 21.5 Å². The first-order valence-electron chi connectivity index (χ1n) is 8.61. The largest absolute Gasteiger partial charge is 0.269 e. The average molecular weight is 400 g/mol. The Morgan fingerprint density at radius 1 is 1.07 bits per heavy atom. The van der Waals surface area contributed by atoms with Gasteiger partial charge in [0, 0.05) is 18.2 Å². The van der Waals surface area contributed by atoms with E-state index in [1.54, 1.807) is 37.3 Å². The summed E-state index contributed by atoms with van der Waals surface area (Å²) in [6.07, 6.45) is 0. The molecule has 0 bridgehead atoms. The summed E-state index contributed by atoms with van der Waals surface area (Å²) in [7, 11) is -3.81. The molecule has 0 aliphatic carbocycles. The second-order valence-corrected chi connectivity index (χ2v) is 8.37. The number of hydrogen-bond donors (Lipinski definition) is 1. The number of hydrogen-bond acceptors (Lipinski definition) is 5. The standard InChI is InChI=1S/C19H20N4O4S/c1-13(2)15-4-10-18(11-5-15)28(26,27)21-19-12-14(3)20-22(19)16-6-8-17(9-7-16)23(24)25/h4-13,21H,1-3H3. The third-order valence-corrected chi connectivity index (χ3v) is 5.60. The van der Waals surface area contributed by atoms with Crippen LogP contribution in [-0.2, 0) is 10.0 Å². The van der Waals surface area contributed by atoms with E-state index in [2.05, 4.69) is 9.82 Å². The first-order chi connectivity index (χ1) is 13.2. The van der Waals surface area contributed by atoms with Gasteiger partial charge in [-0.25, -0.2) is 13.1 Å². The molecule has 0 radical (unpaired) electrons. The van der Waals surface area contributed by atoms with E-state index in [1.807, 2.05) is 13.8 Å². The Hall–Kier alpha value is -3.20. The molecule has 28 heavy (non-hydrogen) atoms. The van der Waals surface area contributed by atoms with Crippen LogP contribution < -0.4 is 4.72 Å². The zero-order valence-electron chi connectivity index (χ0n) is 15.7. The number of aromatic nitrogens is 2. The van der Waals surface area contributed by atoms with Crippen molar-refractivity contribution in [3.05, 3.63) is 76.0 Å². The molecule has 0 saturated carbocycles. The molecular weight excluding hydrogens is 380 g/mol. The highest BCUT2D eigenvalue weighted by Gasteiger charge is 2.19. The minimum absolute atomic E-state index is 0.0556. The molecule has 3 aromatic rings. The molecular formula is C19H20N4O4S. The fourth-order valence-corrected chi connectivity index (χ4v) is 3.75. The molecule has 1 heterocycles. The van der Waals surface area contributed by atoms with E-state index in [-0.39, 0.29) is 16.4 Å². The monoisotopic (exact) mass is 400 g/mol. The van der Waals surface area contributed by atoms with Gasteiger partial charge >= 0.3 is 0 Å². The molecule has 1 N–H and O–H groups in total. The summed E-state index contributed by atoms with van der Waals surface area (Å²) in [5.41, 5.74) is 2.10. The number of nitrogens with one attached hydrogen (secondary N) is 1. The zero-order chi connectivity index (χ0) is 20.5. The van der Waals surface area contributed by atoms with E-state index in [0.29, 0.717) is 17.3 Å². The van der Waals surface area contributed by atoms with Crippen LogP contribution in [0, 0.1) is 17.0 Å². The van der Waals surface area contributed by atoms with Crippen molar-refractivity contribution in [3.63, 3.8) is 0 Å². The smallest absolute Gasteiger partial charge is 0.263 e. The summed E-state index contributed by atoms with van der Waals surface area (Å²) in [4.78, 5) is 10.5. The number of non-ortho nitro benzene ring substituents is 1. The van der Waals surface area contributed by atoms with Crippen LogP contribution in [-0.4, -0.2) is 23.1 Å². The van der Waals surface area contributed by atoms with E-state index in [4.69, 9.17) is 0 Å². The Morgan fingerprint density at radius 2 is 1.68 bits per heavy atom. The van der Waals surface area contributed by atoms with Crippen LogP contribution >= 0.6 is 0 Å². The normalized spacial score (nSPS) is 11.6. The van der Waals surface area contributed by atoms with Gasteiger partial charge in [0.15, 0.2) is 0 Å². The fraction of sp³-hybridized carbons (Fsp3) is 0.211. The number of aryl methyl sites for hydroxylation is 1. The summed E-state index contributed by atoms with van der Waals surface area (Å²) in [5.74, 6) is 0.551. The predicted octanol–water partition coefficient (Wildman–Crippen LogP) is 4.01. The number of sulfonamides is 1. The van der Waals surface area contributed by atoms with Gasteiger partial charge in [0.2, 0.25) is 0 Å². The Kier molecular flexibility index (Phi) is 5.19. The number of anilines is 1. The highest BCUT2D eigenvalue weighted by molar-refractivity contribution is 7.92. The van der Waals surface area contributed by atoms with Gasteiger partial charge in [0.1, 0.15) is 5.82 Å². The lowest BCUT2D eigenvalue weighted by Crippen LogP contribution is -2.16. The number of rotatable bonds is 6. The molecule has 1 aromatic heterocycles. The second-order valence-electron chi connectivity index (χ2n) is 6.69. The summed E-state index contributed by atoms with van der Waals surface area (Å²) in [5, 5.41) is 15.1. The van der Waals surface area contributed by atoms with Gasteiger partial charge in [-0.05, 0) is 42.7 Å². The van der Waals surface area contributed by atoms with Crippen molar-refractivity contribution in [1.29, 1.82) is 0 Å². The maximum Gasteiger partial charge on any atom is 0.269 e. The maximum atomic E-state index is 12.8.